The number of halogens is 2. The van der Waals surface area contributed by atoms with Crippen LogP contribution in [0.15, 0.2) is 29.8 Å². The highest BCUT2D eigenvalue weighted by molar-refractivity contribution is 14.1. The molecule has 0 aliphatic heterocycles. The Morgan fingerprint density at radius 3 is 2.94 bits per heavy atom. The van der Waals surface area contributed by atoms with Gasteiger partial charge in [-0.25, -0.2) is 9.37 Å². The first-order chi connectivity index (χ1) is 7.66. The lowest BCUT2D eigenvalue weighted by atomic mass is 10.1. The van der Waals surface area contributed by atoms with Gasteiger partial charge < -0.3 is 0 Å². The van der Waals surface area contributed by atoms with Gasteiger partial charge in [0.05, 0.1) is 6.42 Å². The van der Waals surface area contributed by atoms with Crippen LogP contribution in [-0.2, 0) is 6.42 Å². The first kappa shape index (κ1) is 11.7. The first-order valence-electron chi connectivity index (χ1n) is 4.53. The molecule has 1 aromatic carbocycles. The van der Waals surface area contributed by atoms with Crippen LogP contribution in [0.1, 0.15) is 15.4 Å². The molecule has 0 fully saturated rings. The van der Waals surface area contributed by atoms with Gasteiger partial charge in [-0.15, -0.1) is 11.3 Å². The van der Waals surface area contributed by atoms with Crippen molar-refractivity contribution in [3.63, 3.8) is 0 Å². The van der Waals surface area contributed by atoms with Crippen LogP contribution in [0.2, 0.25) is 0 Å². The van der Waals surface area contributed by atoms with E-state index in [0.717, 1.165) is 5.01 Å². The number of hydrogen-bond acceptors (Lipinski definition) is 3. The number of carbonyl (C=O) groups is 1. The van der Waals surface area contributed by atoms with Crippen LogP contribution in [-0.4, -0.2) is 10.8 Å². The Bertz CT molecular complexity index is 513. The lowest BCUT2D eigenvalue weighted by molar-refractivity contribution is 0.0992. The maximum atomic E-state index is 12.9. The Labute approximate surface area is 110 Å². The molecule has 16 heavy (non-hydrogen) atoms. The van der Waals surface area contributed by atoms with E-state index in [0.29, 0.717) is 9.13 Å². The normalized spacial score (nSPS) is 10.4. The van der Waals surface area contributed by atoms with Crippen LogP contribution in [0.25, 0.3) is 0 Å². The smallest absolute Gasteiger partial charge is 0.170 e. The van der Waals surface area contributed by atoms with E-state index in [2.05, 4.69) is 4.98 Å². The van der Waals surface area contributed by atoms with E-state index in [1.165, 1.54) is 29.5 Å². The standard InChI is InChI=1S/C11H7FINOS/c12-7-1-2-8(9(13)5-7)10(15)6-11-14-3-4-16-11/h1-5H,6H2. The van der Waals surface area contributed by atoms with Crippen molar-refractivity contribution in [2.45, 2.75) is 6.42 Å². The van der Waals surface area contributed by atoms with E-state index >= 15 is 0 Å². The van der Waals surface area contributed by atoms with Gasteiger partial charge in [0.1, 0.15) is 10.8 Å². The summed E-state index contributed by atoms with van der Waals surface area (Å²) in [5.74, 6) is -0.352. The zero-order valence-corrected chi connectivity index (χ0v) is 11.1. The number of thiazole rings is 1. The maximum absolute atomic E-state index is 12.9. The summed E-state index contributed by atoms with van der Waals surface area (Å²) in [6.45, 7) is 0. The van der Waals surface area contributed by atoms with Crippen molar-refractivity contribution in [2.24, 2.45) is 0 Å². The van der Waals surface area contributed by atoms with E-state index in [9.17, 15) is 9.18 Å². The number of ketones is 1. The topological polar surface area (TPSA) is 30.0 Å². The monoisotopic (exact) mass is 347 g/mol. The number of aromatic nitrogens is 1. The molecule has 0 spiro atoms. The van der Waals surface area contributed by atoms with Crippen molar-refractivity contribution in [3.8, 4) is 0 Å². The van der Waals surface area contributed by atoms with Crippen LogP contribution in [0.5, 0.6) is 0 Å². The number of Topliss-reactive ketones (excluding diaryl/α,β-unsaturated/α-hetero) is 1. The molecular weight excluding hydrogens is 340 g/mol. The summed E-state index contributed by atoms with van der Waals surface area (Å²) in [5, 5.41) is 2.61. The Morgan fingerprint density at radius 1 is 1.50 bits per heavy atom. The van der Waals surface area contributed by atoms with Gasteiger partial charge in [-0.2, -0.15) is 0 Å². The third-order valence-electron chi connectivity index (χ3n) is 2.03. The third-order valence-corrected chi connectivity index (χ3v) is 3.70. The van der Waals surface area contributed by atoms with E-state index in [1.807, 2.05) is 28.0 Å². The summed E-state index contributed by atoms with van der Waals surface area (Å²) in [5.41, 5.74) is 0.553. The van der Waals surface area contributed by atoms with Gasteiger partial charge in [-0.1, -0.05) is 0 Å². The van der Waals surface area contributed by atoms with Gasteiger partial charge in [0, 0.05) is 20.7 Å². The third kappa shape index (κ3) is 2.65. The second kappa shape index (κ2) is 5.01. The summed E-state index contributed by atoms with van der Waals surface area (Å²) < 4.78 is 13.5. The van der Waals surface area contributed by atoms with Crippen LogP contribution < -0.4 is 0 Å². The molecule has 5 heteroatoms. The van der Waals surface area contributed by atoms with Crippen LogP contribution in [0.4, 0.5) is 4.39 Å². The summed E-state index contributed by atoms with van der Waals surface area (Å²) in [4.78, 5) is 15.9. The lowest BCUT2D eigenvalue weighted by Crippen LogP contribution is -2.05. The quantitative estimate of drug-likeness (QED) is 0.630. The van der Waals surface area contributed by atoms with Crippen molar-refractivity contribution in [3.05, 3.63) is 49.7 Å². The van der Waals surface area contributed by atoms with Crippen LogP contribution >= 0.6 is 33.9 Å². The molecule has 0 amide bonds. The molecule has 82 valence electrons. The second-order valence-electron chi connectivity index (χ2n) is 3.15. The molecule has 0 saturated carbocycles. The zero-order valence-electron chi connectivity index (χ0n) is 8.11. The minimum atomic E-state index is -0.324. The van der Waals surface area contributed by atoms with Gasteiger partial charge in [-0.3, -0.25) is 4.79 Å². The molecule has 2 rings (SSSR count). The molecule has 0 saturated heterocycles. The molecular formula is C11H7FINOS. The van der Waals surface area contributed by atoms with Gasteiger partial charge in [0.25, 0.3) is 0 Å². The molecule has 2 aromatic rings. The Kier molecular flexibility index (Phi) is 3.65. The molecule has 0 aliphatic rings. The first-order valence-corrected chi connectivity index (χ1v) is 6.49. The predicted octanol–water partition coefficient (Wildman–Crippen LogP) is 3.31. The second-order valence-corrected chi connectivity index (χ2v) is 5.29. The molecule has 0 unspecified atom stereocenters. The highest BCUT2D eigenvalue weighted by atomic mass is 127. The minimum Gasteiger partial charge on any atom is -0.294 e. The summed E-state index contributed by atoms with van der Waals surface area (Å²) >= 11 is 3.41. The van der Waals surface area contributed by atoms with Crippen molar-refractivity contribution in [1.82, 2.24) is 4.98 Å². The van der Waals surface area contributed by atoms with Gasteiger partial charge >= 0.3 is 0 Å². The number of carbonyl (C=O) groups excluding carboxylic acids is 1. The molecule has 0 radical (unpaired) electrons. The van der Waals surface area contributed by atoms with E-state index in [4.69, 9.17) is 0 Å². The number of benzene rings is 1. The van der Waals surface area contributed by atoms with Gasteiger partial charge in [0.15, 0.2) is 5.78 Å². The van der Waals surface area contributed by atoms with Gasteiger partial charge in [-0.05, 0) is 40.8 Å². The fraction of sp³-hybridized carbons (Fsp3) is 0.0909. The van der Waals surface area contributed by atoms with Crippen molar-refractivity contribution in [2.75, 3.05) is 0 Å². The lowest BCUT2D eigenvalue weighted by Gasteiger charge is -2.02. The van der Waals surface area contributed by atoms with E-state index in [1.54, 1.807) is 6.20 Å². The Hall–Kier alpha value is -0.820. The number of rotatable bonds is 3. The molecule has 0 bridgehead atoms. The highest BCUT2D eigenvalue weighted by Gasteiger charge is 2.12. The molecule has 1 heterocycles. The van der Waals surface area contributed by atoms with Crippen LogP contribution in [0, 0.1) is 9.39 Å². The summed E-state index contributed by atoms with van der Waals surface area (Å²) in [6, 6.07) is 4.18. The average molecular weight is 347 g/mol. The Morgan fingerprint density at radius 2 is 2.31 bits per heavy atom. The van der Waals surface area contributed by atoms with Crippen molar-refractivity contribution >= 4 is 39.7 Å². The highest BCUT2D eigenvalue weighted by Crippen LogP contribution is 2.17. The molecule has 2 nitrogen and oxygen atoms in total. The van der Waals surface area contributed by atoms with E-state index in [-0.39, 0.29) is 18.0 Å². The molecule has 0 N–H and O–H groups in total. The predicted molar refractivity (Wildman–Crippen MR) is 69.3 cm³/mol. The average Bonchev–Trinajstić information content (AvgIpc) is 2.70. The number of nitrogens with zero attached hydrogens (tertiary/aromatic N) is 1. The fourth-order valence-corrected chi connectivity index (χ4v) is 2.68. The van der Waals surface area contributed by atoms with E-state index < -0.39 is 0 Å². The molecule has 1 aromatic heterocycles. The summed E-state index contributed by atoms with van der Waals surface area (Å²) in [7, 11) is 0. The minimum absolute atomic E-state index is 0.0284. The fourth-order valence-electron chi connectivity index (χ4n) is 1.29. The largest absolute Gasteiger partial charge is 0.294 e. The zero-order chi connectivity index (χ0) is 11.5. The van der Waals surface area contributed by atoms with Crippen molar-refractivity contribution < 1.29 is 9.18 Å². The van der Waals surface area contributed by atoms with Crippen molar-refractivity contribution in [1.29, 1.82) is 0 Å². The SMILES string of the molecule is O=C(Cc1nccs1)c1ccc(F)cc1I. The molecule has 0 aliphatic carbocycles. The number of hydrogen-bond donors (Lipinski definition) is 0. The van der Waals surface area contributed by atoms with Gasteiger partial charge in [0.2, 0.25) is 0 Å². The maximum Gasteiger partial charge on any atom is 0.170 e. The van der Waals surface area contributed by atoms with Crippen LogP contribution in [0.3, 0.4) is 0 Å². The molecule has 0 atom stereocenters. The Balaban J connectivity index is 2.21. The summed E-state index contributed by atoms with van der Waals surface area (Å²) in [6.07, 6.45) is 1.95.